The molecule has 1 aromatic rings. The summed E-state index contributed by atoms with van der Waals surface area (Å²) in [5.41, 5.74) is -0.350. The molecule has 1 amide bonds. The Kier molecular flexibility index (Phi) is 4.18. The number of halogens is 5. The molecule has 0 saturated heterocycles. The summed E-state index contributed by atoms with van der Waals surface area (Å²) in [4.78, 5) is 8.96. The van der Waals surface area contributed by atoms with E-state index in [0.29, 0.717) is 0 Å². The predicted molar refractivity (Wildman–Crippen MR) is 56.4 cm³/mol. The van der Waals surface area contributed by atoms with Gasteiger partial charge in [-0.3, -0.25) is 4.79 Å². The number of hydrogen-bond acceptors (Lipinski definition) is 3. The van der Waals surface area contributed by atoms with Gasteiger partial charge < -0.3 is 0 Å². The zero-order chi connectivity index (χ0) is 15.8. The molecule has 0 aromatic heterocycles. The lowest BCUT2D eigenvalue weighted by Crippen LogP contribution is -2.32. The molecule has 0 saturated carbocycles. The van der Waals surface area contributed by atoms with Crippen LogP contribution in [0.25, 0.3) is 0 Å². The average molecular weight is 315 g/mol. The van der Waals surface area contributed by atoms with Gasteiger partial charge in [0.1, 0.15) is 0 Å². The van der Waals surface area contributed by atoms with Gasteiger partial charge in [-0.2, -0.15) is 0 Å². The van der Waals surface area contributed by atoms with Gasteiger partial charge in [0, 0.05) is 5.57 Å². The Morgan fingerprint density at radius 3 is 1.65 bits per heavy atom. The maximum atomic E-state index is 13.3. The molecule has 0 aliphatic rings. The monoisotopic (exact) mass is 315 g/mol. The van der Waals surface area contributed by atoms with Crippen molar-refractivity contribution in [2.24, 2.45) is 0 Å². The largest absolute Gasteiger partial charge is 0.270 e. The fourth-order valence-corrected chi connectivity index (χ4v) is 2.25. The number of carbonyl (C=O) groups is 1. The van der Waals surface area contributed by atoms with Crippen molar-refractivity contribution >= 4 is 15.9 Å². The van der Waals surface area contributed by atoms with Crippen LogP contribution in [0, 0.1) is 29.1 Å². The molecule has 110 valence electrons. The third-order valence-corrected chi connectivity index (χ3v) is 3.40. The number of nitrogens with one attached hydrogen (secondary N) is 1. The minimum absolute atomic E-state index is 0.350. The van der Waals surface area contributed by atoms with Crippen LogP contribution in [0.3, 0.4) is 0 Å². The third kappa shape index (κ3) is 2.64. The van der Waals surface area contributed by atoms with E-state index in [9.17, 15) is 35.2 Å². The molecule has 0 aliphatic heterocycles. The molecule has 0 heterocycles. The van der Waals surface area contributed by atoms with Crippen molar-refractivity contribution in [3.8, 4) is 0 Å². The highest BCUT2D eigenvalue weighted by atomic mass is 32.2. The summed E-state index contributed by atoms with van der Waals surface area (Å²) in [6.45, 7) is 4.13. The Labute approximate surface area is 110 Å². The minimum atomic E-state index is -5.28. The van der Waals surface area contributed by atoms with Crippen LogP contribution in [0.4, 0.5) is 22.0 Å². The van der Waals surface area contributed by atoms with Crippen molar-refractivity contribution in [1.29, 1.82) is 0 Å². The van der Waals surface area contributed by atoms with Crippen LogP contribution in [-0.4, -0.2) is 14.3 Å². The van der Waals surface area contributed by atoms with Crippen molar-refractivity contribution in [3.63, 3.8) is 0 Å². The van der Waals surface area contributed by atoms with Crippen LogP contribution in [0.1, 0.15) is 6.92 Å². The fraction of sp³-hybridized carbons (Fsp3) is 0.100. The lowest BCUT2D eigenvalue weighted by Gasteiger charge is -2.10. The first kappa shape index (κ1) is 16.1. The van der Waals surface area contributed by atoms with E-state index in [-0.39, 0.29) is 5.57 Å². The molecular weight excluding hydrogens is 309 g/mol. The number of benzene rings is 1. The quantitative estimate of drug-likeness (QED) is 0.400. The zero-order valence-electron chi connectivity index (χ0n) is 9.73. The Hall–Kier alpha value is -1.97. The van der Waals surface area contributed by atoms with E-state index in [4.69, 9.17) is 0 Å². The van der Waals surface area contributed by atoms with Gasteiger partial charge in [0.25, 0.3) is 15.9 Å². The summed E-state index contributed by atoms with van der Waals surface area (Å²) < 4.78 is 89.2. The van der Waals surface area contributed by atoms with E-state index in [1.807, 2.05) is 0 Å². The molecule has 4 nitrogen and oxygen atoms in total. The van der Waals surface area contributed by atoms with Crippen LogP contribution in [0.15, 0.2) is 17.0 Å². The molecule has 1 N–H and O–H groups in total. The smallest absolute Gasteiger partial charge is 0.269 e. The molecule has 1 rings (SSSR count). The van der Waals surface area contributed by atoms with Gasteiger partial charge in [-0.15, -0.1) is 0 Å². The van der Waals surface area contributed by atoms with Crippen molar-refractivity contribution in [2.75, 3.05) is 0 Å². The van der Waals surface area contributed by atoms with Crippen molar-refractivity contribution in [2.45, 2.75) is 11.8 Å². The van der Waals surface area contributed by atoms with Gasteiger partial charge >= 0.3 is 0 Å². The second-order valence-electron chi connectivity index (χ2n) is 3.61. The maximum absolute atomic E-state index is 13.3. The van der Waals surface area contributed by atoms with Crippen LogP contribution in [0.2, 0.25) is 0 Å². The molecule has 20 heavy (non-hydrogen) atoms. The van der Waals surface area contributed by atoms with Crippen LogP contribution in [0.5, 0.6) is 0 Å². The molecular formula is C10H6F5NO3S. The van der Waals surface area contributed by atoms with Crippen molar-refractivity contribution < 1.29 is 35.2 Å². The van der Waals surface area contributed by atoms with Gasteiger partial charge in [0.05, 0.1) is 0 Å². The number of sulfonamides is 1. The summed E-state index contributed by atoms with van der Waals surface area (Å²) in [6, 6.07) is 0. The highest BCUT2D eigenvalue weighted by Crippen LogP contribution is 2.26. The number of amides is 1. The lowest BCUT2D eigenvalue weighted by molar-refractivity contribution is -0.115. The predicted octanol–water partition coefficient (Wildman–Crippen LogP) is 1.76. The van der Waals surface area contributed by atoms with Crippen LogP contribution >= 0.6 is 0 Å². The number of hydrogen-bond donors (Lipinski definition) is 1. The Morgan fingerprint density at radius 2 is 1.30 bits per heavy atom. The Bertz CT molecular complexity index is 685. The third-order valence-electron chi connectivity index (χ3n) is 2.05. The molecule has 0 radical (unpaired) electrons. The molecule has 10 heteroatoms. The van der Waals surface area contributed by atoms with Gasteiger partial charge in [-0.1, -0.05) is 6.58 Å². The minimum Gasteiger partial charge on any atom is -0.269 e. The molecule has 0 aliphatic carbocycles. The van der Waals surface area contributed by atoms with Crippen LogP contribution < -0.4 is 4.72 Å². The molecule has 0 unspecified atom stereocenters. The van der Waals surface area contributed by atoms with Crippen molar-refractivity contribution in [1.82, 2.24) is 4.72 Å². The van der Waals surface area contributed by atoms with Gasteiger partial charge in [-0.05, 0) is 6.92 Å². The standard InChI is InChI=1S/C10H6F5NO3S/c1-3(2)10(17)16-20(18,19)9-7(14)5(12)4(11)6(13)8(9)15/h1H2,2H3,(H,16,17). The summed E-state index contributed by atoms with van der Waals surface area (Å²) in [7, 11) is -5.28. The van der Waals surface area contributed by atoms with E-state index in [0.717, 1.165) is 11.6 Å². The topological polar surface area (TPSA) is 63.2 Å². The number of carbonyl (C=O) groups excluding carboxylic acids is 1. The lowest BCUT2D eigenvalue weighted by atomic mass is 10.3. The van der Waals surface area contributed by atoms with Crippen LogP contribution in [-0.2, 0) is 14.8 Å². The molecule has 1 aromatic carbocycles. The van der Waals surface area contributed by atoms with E-state index < -0.39 is 49.9 Å². The second-order valence-corrected chi connectivity index (χ2v) is 5.23. The maximum Gasteiger partial charge on any atom is 0.270 e. The Balaban J connectivity index is 3.55. The van der Waals surface area contributed by atoms with E-state index >= 15 is 0 Å². The molecule has 0 fully saturated rings. The first-order chi connectivity index (χ1) is 9.00. The summed E-state index contributed by atoms with van der Waals surface area (Å²) in [5, 5.41) is 0. The first-order valence-electron chi connectivity index (χ1n) is 4.74. The van der Waals surface area contributed by atoms with Crippen molar-refractivity contribution in [3.05, 3.63) is 41.2 Å². The zero-order valence-corrected chi connectivity index (χ0v) is 10.5. The molecule has 0 bridgehead atoms. The highest BCUT2D eigenvalue weighted by Gasteiger charge is 2.34. The fourth-order valence-electron chi connectivity index (χ4n) is 1.08. The normalized spacial score (nSPS) is 11.3. The van der Waals surface area contributed by atoms with Gasteiger partial charge in [0.15, 0.2) is 28.2 Å². The summed E-state index contributed by atoms with van der Waals surface area (Å²) in [6.07, 6.45) is 0. The molecule has 0 spiro atoms. The van der Waals surface area contributed by atoms with E-state index in [2.05, 4.69) is 6.58 Å². The highest BCUT2D eigenvalue weighted by molar-refractivity contribution is 7.90. The summed E-state index contributed by atoms with van der Waals surface area (Å²) >= 11 is 0. The van der Waals surface area contributed by atoms with E-state index in [1.54, 1.807) is 0 Å². The Morgan fingerprint density at radius 1 is 0.950 bits per heavy atom. The first-order valence-corrected chi connectivity index (χ1v) is 6.23. The average Bonchev–Trinajstić information content (AvgIpc) is 2.33. The SMILES string of the molecule is C=C(C)C(=O)NS(=O)(=O)c1c(F)c(F)c(F)c(F)c1F. The van der Waals surface area contributed by atoms with Gasteiger partial charge in [0.2, 0.25) is 5.82 Å². The number of rotatable bonds is 3. The van der Waals surface area contributed by atoms with Gasteiger partial charge in [-0.25, -0.2) is 35.1 Å². The summed E-state index contributed by atoms with van der Waals surface area (Å²) in [5.74, 6) is -13.9. The van der Waals surface area contributed by atoms with E-state index in [1.165, 1.54) is 0 Å². The second kappa shape index (κ2) is 5.19. The molecule has 0 atom stereocenters.